The minimum absolute atomic E-state index is 0.0666. The second-order valence-electron chi connectivity index (χ2n) is 7.27. The van der Waals surface area contributed by atoms with Gasteiger partial charge >= 0.3 is 5.97 Å². The summed E-state index contributed by atoms with van der Waals surface area (Å²) in [6, 6.07) is 12.2. The highest BCUT2D eigenvalue weighted by Gasteiger charge is 2.21. The van der Waals surface area contributed by atoms with Crippen LogP contribution in [0.2, 0.25) is 0 Å². The molecule has 0 saturated heterocycles. The van der Waals surface area contributed by atoms with Crippen LogP contribution in [0.5, 0.6) is 0 Å². The van der Waals surface area contributed by atoms with E-state index in [1.807, 2.05) is 0 Å². The third-order valence-electron chi connectivity index (χ3n) is 5.00. The first-order chi connectivity index (χ1) is 15.2. The van der Waals surface area contributed by atoms with Crippen molar-refractivity contribution in [3.63, 3.8) is 0 Å². The predicted octanol–water partition coefficient (Wildman–Crippen LogP) is 2.99. The lowest BCUT2D eigenvalue weighted by Crippen LogP contribution is -2.30. The standard InChI is InChI=1S/C23H29FN2O5S/c1-4-26(5-2)32(29,30)21-13-8-18(9-14-21)10-15-23(28)31-17-22(27)25(3)16-19-6-11-20(24)12-7-19/h6-9,11-14H,4-5,10,15-17H2,1-3H3. The zero-order valence-electron chi connectivity index (χ0n) is 18.6. The summed E-state index contributed by atoms with van der Waals surface area (Å²) in [5.41, 5.74) is 1.56. The van der Waals surface area contributed by atoms with Crippen molar-refractivity contribution >= 4 is 21.9 Å². The summed E-state index contributed by atoms with van der Waals surface area (Å²) in [6.45, 7) is 4.25. The molecular formula is C23H29FN2O5S. The van der Waals surface area contributed by atoms with Crippen LogP contribution in [0, 0.1) is 5.82 Å². The zero-order chi connectivity index (χ0) is 23.7. The van der Waals surface area contributed by atoms with Crippen molar-refractivity contribution in [1.82, 2.24) is 9.21 Å². The lowest BCUT2D eigenvalue weighted by molar-refractivity contribution is -0.151. The number of benzene rings is 2. The Balaban J connectivity index is 1.80. The van der Waals surface area contributed by atoms with E-state index in [0.29, 0.717) is 19.5 Å². The van der Waals surface area contributed by atoms with E-state index in [1.54, 1.807) is 45.2 Å². The molecule has 0 spiro atoms. The van der Waals surface area contributed by atoms with Crippen LogP contribution < -0.4 is 0 Å². The number of sulfonamides is 1. The third-order valence-corrected chi connectivity index (χ3v) is 7.06. The zero-order valence-corrected chi connectivity index (χ0v) is 19.4. The fraction of sp³-hybridized carbons (Fsp3) is 0.391. The lowest BCUT2D eigenvalue weighted by Gasteiger charge is -2.18. The minimum Gasteiger partial charge on any atom is -0.456 e. The van der Waals surface area contributed by atoms with Gasteiger partial charge in [-0.3, -0.25) is 9.59 Å². The number of hydrogen-bond acceptors (Lipinski definition) is 5. The number of esters is 1. The number of likely N-dealkylation sites (N-methyl/N-ethyl adjacent to an activating group) is 1. The molecule has 0 radical (unpaired) electrons. The first-order valence-electron chi connectivity index (χ1n) is 10.4. The Morgan fingerprint density at radius 2 is 1.50 bits per heavy atom. The fourth-order valence-corrected chi connectivity index (χ4v) is 4.52. The van der Waals surface area contributed by atoms with E-state index >= 15 is 0 Å². The van der Waals surface area contributed by atoms with Crippen molar-refractivity contribution in [2.75, 3.05) is 26.7 Å². The third kappa shape index (κ3) is 7.13. The molecule has 7 nitrogen and oxygen atoms in total. The van der Waals surface area contributed by atoms with E-state index in [-0.39, 0.29) is 36.2 Å². The van der Waals surface area contributed by atoms with Crippen LogP contribution in [-0.2, 0) is 37.3 Å². The molecule has 0 bridgehead atoms. The molecular weight excluding hydrogens is 435 g/mol. The number of rotatable bonds is 11. The van der Waals surface area contributed by atoms with Gasteiger partial charge in [0.1, 0.15) is 5.82 Å². The summed E-state index contributed by atoms with van der Waals surface area (Å²) >= 11 is 0. The summed E-state index contributed by atoms with van der Waals surface area (Å²) in [5.74, 6) is -1.24. The number of ether oxygens (including phenoxy) is 1. The predicted molar refractivity (Wildman–Crippen MR) is 119 cm³/mol. The van der Waals surface area contributed by atoms with Gasteiger partial charge in [-0.15, -0.1) is 0 Å². The summed E-state index contributed by atoms with van der Waals surface area (Å²) < 4.78 is 44.4. The maximum absolute atomic E-state index is 13.0. The topological polar surface area (TPSA) is 84.0 Å². The second kappa shape index (κ2) is 11.7. The first-order valence-corrected chi connectivity index (χ1v) is 11.8. The van der Waals surface area contributed by atoms with Gasteiger partial charge in [0.25, 0.3) is 5.91 Å². The van der Waals surface area contributed by atoms with Gasteiger partial charge in [0.15, 0.2) is 6.61 Å². The van der Waals surface area contributed by atoms with Crippen LogP contribution in [0.15, 0.2) is 53.4 Å². The molecule has 9 heteroatoms. The molecule has 0 N–H and O–H groups in total. The molecule has 1 amide bonds. The highest BCUT2D eigenvalue weighted by atomic mass is 32.2. The SMILES string of the molecule is CCN(CC)S(=O)(=O)c1ccc(CCC(=O)OCC(=O)N(C)Cc2ccc(F)cc2)cc1. The molecule has 0 aliphatic carbocycles. The number of hydrogen-bond donors (Lipinski definition) is 0. The van der Waals surface area contributed by atoms with Crippen LogP contribution in [-0.4, -0.2) is 56.2 Å². The molecule has 32 heavy (non-hydrogen) atoms. The first kappa shape index (κ1) is 25.5. The van der Waals surface area contributed by atoms with Crippen molar-refractivity contribution in [2.45, 2.75) is 38.1 Å². The maximum atomic E-state index is 13.0. The average molecular weight is 465 g/mol. The van der Waals surface area contributed by atoms with Gasteiger partial charge < -0.3 is 9.64 Å². The molecule has 174 valence electrons. The Morgan fingerprint density at radius 3 is 2.06 bits per heavy atom. The molecule has 0 unspecified atom stereocenters. The molecule has 0 saturated carbocycles. The van der Waals surface area contributed by atoms with Crippen LogP contribution in [0.25, 0.3) is 0 Å². The van der Waals surface area contributed by atoms with Crippen LogP contribution >= 0.6 is 0 Å². The molecule has 2 rings (SSSR count). The quantitative estimate of drug-likeness (QED) is 0.478. The smallest absolute Gasteiger partial charge is 0.306 e. The average Bonchev–Trinajstić information content (AvgIpc) is 2.78. The largest absolute Gasteiger partial charge is 0.456 e. The highest BCUT2D eigenvalue weighted by Crippen LogP contribution is 2.17. The van der Waals surface area contributed by atoms with Gasteiger partial charge in [0.2, 0.25) is 10.0 Å². The van der Waals surface area contributed by atoms with Crippen LogP contribution in [0.1, 0.15) is 31.4 Å². The van der Waals surface area contributed by atoms with E-state index in [9.17, 15) is 22.4 Å². The van der Waals surface area contributed by atoms with Crippen molar-refractivity contribution in [3.8, 4) is 0 Å². The van der Waals surface area contributed by atoms with E-state index < -0.39 is 16.0 Å². The van der Waals surface area contributed by atoms with Gasteiger partial charge in [-0.05, 0) is 41.8 Å². The number of amides is 1. The molecule has 0 fully saturated rings. The number of nitrogens with zero attached hydrogens (tertiary/aromatic N) is 2. The molecule has 0 aliphatic rings. The molecule has 0 aliphatic heterocycles. The Hall–Kier alpha value is -2.78. The van der Waals surface area contributed by atoms with E-state index in [2.05, 4.69) is 0 Å². The Morgan fingerprint density at radius 1 is 0.938 bits per heavy atom. The summed E-state index contributed by atoms with van der Waals surface area (Å²) in [5, 5.41) is 0. The molecule has 0 aromatic heterocycles. The lowest BCUT2D eigenvalue weighted by atomic mass is 10.1. The molecule has 0 atom stereocenters. The second-order valence-corrected chi connectivity index (χ2v) is 9.21. The summed E-state index contributed by atoms with van der Waals surface area (Å²) in [7, 11) is -1.94. The minimum atomic E-state index is -3.52. The summed E-state index contributed by atoms with van der Waals surface area (Å²) in [4.78, 5) is 25.7. The number of carbonyl (C=O) groups is 2. The Bertz CT molecular complexity index is 1000. The van der Waals surface area contributed by atoms with Gasteiger partial charge in [-0.1, -0.05) is 38.1 Å². The normalized spacial score (nSPS) is 11.4. The Labute approximate surface area is 188 Å². The molecule has 2 aromatic rings. The van der Waals surface area contributed by atoms with Gasteiger partial charge in [-0.25, -0.2) is 12.8 Å². The highest BCUT2D eigenvalue weighted by molar-refractivity contribution is 7.89. The van der Waals surface area contributed by atoms with Crippen molar-refractivity contribution in [2.24, 2.45) is 0 Å². The number of carbonyl (C=O) groups excluding carboxylic acids is 2. The monoisotopic (exact) mass is 464 g/mol. The van der Waals surface area contributed by atoms with Gasteiger partial charge in [0, 0.05) is 33.1 Å². The summed E-state index contributed by atoms with van der Waals surface area (Å²) in [6.07, 6.45) is 0.432. The maximum Gasteiger partial charge on any atom is 0.306 e. The fourth-order valence-electron chi connectivity index (χ4n) is 3.06. The van der Waals surface area contributed by atoms with Crippen molar-refractivity contribution in [3.05, 3.63) is 65.5 Å². The van der Waals surface area contributed by atoms with Crippen molar-refractivity contribution in [1.29, 1.82) is 0 Å². The van der Waals surface area contributed by atoms with E-state index in [4.69, 9.17) is 4.74 Å². The van der Waals surface area contributed by atoms with Gasteiger partial charge in [0.05, 0.1) is 4.90 Å². The molecule has 0 heterocycles. The van der Waals surface area contributed by atoms with Crippen LogP contribution in [0.4, 0.5) is 4.39 Å². The van der Waals surface area contributed by atoms with Crippen LogP contribution in [0.3, 0.4) is 0 Å². The number of halogens is 1. The van der Waals surface area contributed by atoms with E-state index in [1.165, 1.54) is 33.5 Å². The van der Waals surface area contributed by atoms with Crippen molar-refractivity contribution < 1.29 is 27.1 Å². The number of aryl methyl sites for hydroxylation is 1. The van der Waals surface area contributed by atoms with Gasteiger partial charge in [-0.2, -0.15) is 4.31 Å². The Kier molecular flexibility index (Phi) is 9.34. The van der Waals surface area contributed by atoms with E-state index in [0.717, 1.165) is 11.1 Å². The molecule has 2 aromatic carbocycles.